The van der Waals surface area contributed by atoms with Crippen LogP contribution in [0.4, 0.5) is 5.69 Å². The minimum atomic E-state index is -3.31. The number of carbonyl (C=O) groups excluding carboxylic acids is 1. The number of aromatic nitrogens is 1. The zero-order valence-corrected chi connectivity index (χ0v) is 12.5. The first-order valence-corrected chi connectivity index (χ1v) is 8.83. The molecule has 2 N–H and O–H groups in total. The molecule has 3 rings (SSSR count). The fourth-order valence-corrected chi connectivity index (χ4v) is 3.93. The number of anilines is 1. The predicted octanol–water partition coefficient (Wildman–Crippen LogP) is 1.17. The molecule has 0 amide bonds. The van der Waals surface area contributed by atoms with E-state index in [0.29, 0.717) is 24.2 Å². The zero-order valence-electron chi connectivity index (χ0n) is 11.7. The Hall–Kier alpha value is -1.47. The maximum absolute atomic E-state index is 12.4. The standard InChI is InChI=1S/C14H19N3O3S/c18-14(10-3-6-15-7-4-10)13-9-11(5-8-16-13)17-21(19,20)12-1-2-12/h5,8-10,12,15H,1-4,6-7H2,(H,16,17). The van der Waals surface area contributed by atoms with Gasteiger partial charge in [-0.3, -0.25) is 14.5 Å². The molecule has 0 spiro atoms. The molecular weight excluding hydrogens is 290 g/mol. The lowest BCUT2D eigenvalue weighted by Crippen LogP contribution is -2.32. The number of nitrogens with zero attached hydrogens (tertiary/aromatic N) is 1. The summed E-state index contributed by atoms with van der Waals surface area (Å²) in [5.41, 5.74) is 0.770. The van der Waals surface area contributed by atoms with E-state index in [9.17, 15) is 13.2 Å². The van der Waals surface area contributed by atoms with Gasteiger partial charge in [0.15, 0.2) is 5.78 Å². The first-order valence-electron chi connectivity index (χ1n) is 7.29. The van der Waals surface area contributed by atoms with Gasteiger partial charge in [-0.2, -0.15) is 0 Å². The molecule has 0 atom stereocenters. The van der Waals surface area contributed by atoms with Gasteiger partial charge in [0.05, 0.1) is 10.9 Å². The van der Waals surface area contributed by atoms with Gasteiger partial charge >= 0.3 is 0 Å². The van der Waals surface area contributed by atoms with Gasteiger partial charge in [0.2, 0.25) is 10.0 Å². The van der Waals surface area contributed by atoms with Crippen molar-refractivity contribution in [3.05, 3.63) is 24.0 Å². The number of hydrogen-bond acceptors (Lipinski definition) is 5. The molecule has 114 valence electrons. The Morgan fingerprint density at radius 1 is 1.24 bits per heavy atom. The van der Waals surface area contributed by atoms with E-state index < -0.39 is 10.0 Å². The van der Waals surface area contributed by atoms with Crippen molar-refractivity contribution in [2.24, 2.45) is 5.92 Å². The molecule has 6 nitrogen and oxygen atoms in total. The number of ketones is 1. The maximum atomic E-state index is 12.4. The molecule has 2 fully saturated rings. The second-order valence-electron chi connectivity index (χ2n) is 5.66. The van der Waals surface area contributed by atoms with Crippen molar-refractivity contribution in [1.82, 2.24) is 10.3 Å². The third-order valence-corrected chi connectivity index (χ3v) is 5.81. The Balaban J connectivity index is 1.74. The highest BCUT2D eigenvalue weighted by Gasteiger charge is 2.35. The highest BCUT2D eigenvalue weighted by Crippen LogP contribution is 2.29. The number of carbonyl (C=O) groups is 1. The second kappa shape index (κ2) is 5.73. The van der Waals surface area contributed by atoms with E-state index in [1.165, 1.54) is 6.20 Å². The van der Waals surface area contributed by atoms with E-state index in [4.69, 9.17) is 0 Å². The van der Waals surface area contributed by atoms with E-state index in [1.54, 1.807) is 12.1 Å². The number of rotatable bonds is 5. The monoisotopic (exact) mass is 309 g/mol. The van der Waals surface area contributed by atoms with Gasteiger partial charge in [0.1, 0.15) is 5.69 Å². The lowest BCUT2D eigenvalue weighted by Gasteiger charge is -2.21. The van der Waals surface area contributed by atoms with Gasteiger partial charge in [-0.25, -0.2) is 8.42 Å². The van der Waals surface area contributed by atoms with Gasteiger partial charge in [0.25, 0.3) is 0 Å². The SMILES string of the molecule is O=C(c1cc(NS(=O)(=O)C2CC2)ccn1)C1CCNCC1. The summed E-state index contributed by atoms with van der Waals surface area (Å²) < 4.78 is 26.4. The molecule has 0 bridgehead atoms. The molecule has 1 aromatic heterocycles. The minimum absolute atomic E-state index is 0.00368. The highest BCUT2D eigenvalue weighted by atomic mass is 32.2. The lowest BCUT2D eigenvalue weighted by molar-refractivity contribution is 0.0890. The molecule has 0 radical (unpaired) electrons. The summed E-state index contributed by atoms with van der Waals surface area (Å²) in [6.45, 7) is 1.68. The summed E-state index contributed by atoms with van der Waals surface area (Å²) in [7, 11) is -3.31. The van der Waals surface area contributed by atoms with Crippen molar-refractivity contribution in [2.75, 3.05) is 17.8 Å². The smallest absolute Gasteiger partial charge is 0.235 e. The van der Waals surface area contributed by atoms with Crippen LogP contribution in [0, 0.1) is 5.92 Å². The summed E-state index contributed by atoms with van der Waals surface area (Å²) in [6, 6.07) is 3.13. The normalized spacial score (nSPS) is 20.2. The number of sulfonamides is 1. The average molecular weight is 309 g/mol. The van der Waals surface area contributed by atoms with Crippen LogP contribution < -0.4 is 10.0 Å². The number of hydrogen-bond donors (Lipinski definition) is 2. The van der Waals surface area contributed by atoms with Crippen LogP contribution in [0.15, 0.2) is 18.3 Å². The molecule has 7 heteroatoms. The zero-order chi connectivity index (χ0) is 14.9. The van der Waals surface area contributed by atoms with Crippen LogP contribution in [-0.2, 0) is 10.0 Å². The van der Waals surface area contributed by atoms with Crippen LogP contribution in [0.25, 0.3) is 0 Å². The van der Waals surface area contributed by atoms with Gasteiger partial charge in [-0.15, -0.1) is 0 Å². The van der Waals surface area contributed by atoms with Crippen LogP contribution in [0.5, 0.6) is 0 Å². The first kappa shape index (κ1) is 14.5. The first-order chi connectivity index (χ1) is 10.1. The van der Waals surface area contributed by atoms with Gasteiger partial charge < -0.3 is 5.32 Å². The molecule has 1 aromatic rings. The van der Waals surface area contributed by atoms with Crippen LogP contribution in [0.3, 0.4) is 0 Å². The minimum Gasteiger partial charge on any atom is -0.317 e. The highest BCUT2D eigenvalue weighted by molar-refractivity contribution is 7.93. The molecule has 2 aliphatic rings. The summed E-state index contributed by atoms with van der Waals surface area (Å²) in [6.07, 6.45) is 4.51. The number of pyridine rings is 1. The number of piperidine rings is 1. The van der Waals surface area contributed by atoms with Crippen molar-refractivity contribution in [2.45, 2.75) is 30.9 Å². The summed E-state index contributed by atoms with van der Waals surface area (Å²) in [4.78, 5) is 16.5. The van der Waals surface area contributed by atoms with E-state index in [1.807, 2.05) is 0 Å². The summed E-state index contributed by atoms with van der Waals surface area (Å²) in [5, 5.41) is 2.94. The van der Waals surface area contributed by atoms with Crippen molar-refractivity contribution in [3.63, 3.8) is 0 Å². The van der Waals surface area contributed by atoms with Crippen LogP contribution >= 0.6 is 0 Å². The molecular formula is C14H19N3O3S. The van der Waals surface area contributed by atoms with Crippen LogP contribution in [0.2, 0.25) is 0 Å². The Morgan fingerprint density at radius 3 is 2.62 bits per heavy atom. The van der Waals surface area contributed by atoms with Crippen LogP contribution in [-0.4, -0.2) is 37.5 Å². The molecule has 1 aliphatic heterocycles. The number of Topliss-reactive ketones (excluding diaryl/α,β-unsaturated/α-hetero) is 1. The topological polar surface area (TPSA) is 88.2 Å². The van der Waals surface area contributed by atoms with E-state index >= 15 is 0 Å². The van der Waals surface area contributed by atoms with Gasteiger partial charge in [-0.1, -0.05) is 0 Å². The molecule has 0 aromatic carbocycles. The van der Waals surface area contributed by atoms with Gasteiger partial charge in [0, 0.05) is 12.1 Å². The van der Waals surface area contributed by atoms with Crippen molar-refractivity contribution >= 4 is 21.5 Å². The largest absolute Gasteiger partial charge is 0.317 e. The van der Waals surface area contributed by atoms with Gasteiger partial charge in [-0.05, 0) is 50.9 Å². The summed E-state index contributed by atoms with van der Waals surface area (Å²) in [5.74, 6) is -0.0157. The molecule has 1 saturated carbocycles. The Morgan fingerprint density at radius 2 is 1.95 bits per heavy atom. The lowest BCUT2D eigenvalue weighted by atomic mass is 9.91. The Bertz CT molecular complexity index is 635. The van der Waals surface area contributed by atoms with E-state index in [2.05, 4.69) is 15.0 Å². The quantitative estimate of drug-likeness (QED) is 0.797. The van der Waals surface area contributed by atoms with Crippen molar-refractivity contribution < 1.29 is 13.2 Å². The third-order valence-electron chi connectivity index (χ3n) is 3.95. The fraction of sp³-hybridized carbons (Fsp3) is 0.571. The molecule has 1 saturated heterocycles. The third kappa shape index (κ3) is 3.41. The van der Waals surface area contributed by atoms with E-state index in [0.717, 1.165) is 25.9 Å². The van der Waals surface area contributed by atoms with Crippen molar-refractivity contribution in [3.8, 4) is 0 Å². The molecule has 2 heterocycles. The second-order valence-corrected chi connectivity index (χ2v) is 7.63. The Labute approximate surface area is 124 Å². The fourth-order valence-electron chi connectivity index (χ4n) is 2.55. The average Bonchev–Trinajstić information content (AvgIpc) is 3.32. The van der Waals surface area contributed by atoms with E-state index in [-0.39, 0.29) is 17.0 Å². The maximum Gasteiger partial charge on any atom is 0.235 e. The molecule has 1 aliphatic carbocycles. The molecule has 0 unspecified atom stereocenters. The summed E-state index contributed by atoms with van der Waals surface area (Å²) >= 11 is 0. The predicted molar refractivity (Wildman–Crippen MR) is 79.7 cm³/mol. The molecule has 21 heavy (non-hydrogen) atoms. The number of nitrogens with one attached hydrogen (secondary N) is 2. The Kier molecular flexibility index (Phi) is 3.95. The van der Waals surface area contributed by atoms with Crippen molar-refractivity contribution in [1.29, 1.82) is 0 Å². The van der Waals surface area contributed by atoms with Crippen LogP contribution in [0.1, 0.15) is 36.2 Å².